The van der Waals surface area contributed by atoms with Crippen molar-refractivity contribution in [1.82, 2.24) is 0 Å². The number of esters is 1. The molecular formula is C22H27NO5. The predicted molar refractivity (Wildman–Crippen MR) is 108 cm³/mol. The van der Waals surface area contributed by atoms with Gasteiger partial charge in [-0.2, -0.15) is 0 Å². The van der Waals surface area contributed by atoms with Crippen LogP contribution in [0.25, 0.3) is 0 Å². The summed E-state index contributed by atoms with van der Waals surface area (Å²) in [4.78, 5) is 24.4. The number of hydrogen-bond acceptors (Lipinski definition) is 5. The Labute approximate surface area is 165 Å². The lowest BCUT2D eigenvalue weighted by molar-refractivity contribution is -0.119. The monoisotopic (exact) mass is 385 g/mol. The van der Waals surface area contributed by atoms with Crippen LogP contribution < -0.4 is 14.8 Å². The molecule has 150 valence electrons. The molecule has 0 aliphatic rings. The number of carbonyl (C=O) groups is 2. The van der Waals surface area contributed by atoms with Gasteiger partial charge in [-0.25, -0.2) is 4.79 Å². The minimum atomic E-state index is -0.602. The molecule has 0 aliphatic carbocycles. The highest BCUT2D eigenvalue weighted by Crippen LogP contribution is 2.28. The van der Waals surface area contributed by atoms with Crippen LogP contribution in [0, 0.1) is 13.8 Å². The van der Waals surface area contributed by atoms with E-state index in [2.05, 4.69) is 12.2 Å². The zero-order valence-corrected chi connectivity index (χ0v) is 16.8. The van der Waals surface area contributed by atoms with Crippen LogP contribution in [0.4, 0.5) is 5.69 Å². The number of rotatable bonds is 9. The normalized spacial score (nSPS) is 10.3. The number of anilines is 1. The summed E-state index contributed by atoms with van der Waals surface area (Å²) in [7, 11) is 1.51. The number of amides is 1. The molecule has 28 heavy (non-hydrogen) atoms. The molecule has 6 heteroatoms. The third-order valence-electron chi connectivity index (χ3n) is 4.23. The van der Waals surface area contributed by atoms with E-state index in [4.69, 9.17) is 14.2 Å². The fourth-order valence-corrected chi connectivity index (χ4v) is 2.64. The van der Waals surface area contributed by atoms with Crippen LogP contribution in [0.3, 0.4) is 0 Å². The summed E-state index contributed by atoms with van der Waals surface area (Å²) in [5.74, 6) is 0.0260. The van der Waals surface area contributed by atoms with E-state index in [1.54, 1.807) is 18.2 Å². The number of unbranched alkanes of at least 4 members (excludes halogenated alkanes) is 1. The summed E-state index contributed by atoms with van der Waals surface area (Å²) >= 11 is 0. The summed E-state index contributed by atoms with van der Waals surface area (Å²) in [6, 6.07) is 10.5. The minimum absolute atomic E-state index is 0.291. The molecule has 0 unspecified atom stereocenters. The van der Waals surface area contributed by atoms with Crippen molar-refractivity contribution < 1.29 is 23.8 Å². The second-order valence-electron chi connectivity index (χ2n) is 6.46. The van der Waals surface area contributed by atoms with Crippen molar-refractivity contribution in [3.8, 4) is 11.5 Å². The molecule has 2 rings (SSSR count). The first-order valence-electron chi connectivity index (χ1n) is 9.30. The molecular weight excluding hydrogens is 358 g/mol. The number of carbonyl (C=O) groups excluding carboxylic acids is 2. The van der Waals surface area contributed by atoms with E-state index >= 15 is 0 Å². The summed E-state index contributed by atoms with van der Waals surface area (Å²) in [5, 5.41) is 2.78. The number of ether oxygens (including phenoxy) is 3. The van der Waals surface area contributed by atoms with E-state index in [0.29, 0.717) is 23.7 Å². The van der Waals surface area contributed by atoms with Crippen molar-refractivity contribution in [3.05, 3.63) is 53.1 Å². The van der Waals surface area contributed by atoms with E-state index in [-0.39, 0.29) is 6.61 Å². The van der Waals surface area contributed by atoms with Crippen LogP contribution in [-0.4, -0.2) is 32.2 Å². The van der Waals surface area contributed by atoms with Gasteiger partial charge in [0.15, 0.2) is 18.1 Å². The quantitative estimate of drug-likeness (QED) is 0.515. The van der Waals surface area contributed by atoms with E-state index in [0.717, 1.165) is 29.7 Å². The Hall–Kier alpha value is -3.02. The Morgan fingerprint density at radius 3 is 2.39 bits per heavy atom. The maximum atomic E-state index is 12.3. The van der Waals surface area contributed by atoms with Gasteiger partial charge in [0.2, 0.25) is 0 Å². The third-order valence-corrected chi connectivity index (χ3v) is 4.23. The highest BCUT2D eigenvalue weighted by atomic mass is 16.5. The molecule has 0 saturated heterocycles. The van der Waals surface area contributed by atoms with Crippen molar-refractivity contribution in [2.24, 2.45) is 0 Å². The van der Waals surface area contributed by atoms with Gasteiger partial charge in [0.25, 0.3) is 5.91 Å². The SMILES string of the molecule is CCCCOc1ccc(C(=O)OCC(=O)Nc2c(C)cccc2C)cc1OC. The minimum Gasteiger partial charge on any atom is -0.493 e. The van der Waals surface area contributed by atoms with Crippen molar-refractivity contribution >= 4 is 17.6 Å². The first-order valence-corrected chi connectivity index (χ1v) is 9.30. The number of methoxy groups -OCH3 is 1. The van der Waals surface area contributed by atoms with E-state index in [9.17, 15) is 9.59 Å². The van der Waals surface area contributed by atoms with Crippen molar-refractivity contribution in [1.29, 1.82) is 0 Å². The van der Waals surface area contributed by atoms with Gasteiger partial charge in [-0.3, -0.25) is 4.79 Å². The Morgan fingerprint density at radius 2 is 1.75 bits per heavy atom. The standard InChI is InChI=1S/C22H27NO5/c1-5-6-12-27-18-11-10-17(13-19(18)26-4)22(25)28-14-20(24)23-21-15(2)8-7-9-16(21)3/h7-11,13H,5-6,12,14H2,1-4H3,(H,23,24). The molecule has 1 N–H and O–H groups in total. The van der Waals surface area contributed by atoms with Crippen molar-refractivity contribution in [2.45, 2.75) is 33.6 Å². The summed E-state index contributed by atoms with van der Waals surface area (Å²) in [5.41, 5.74) is 2.92. The Balaban J connectivity index is 1.96. The van der Waals surface area contributed by atoms with Crippen LogP contribution in [0.2, 0.25) is 0 Å². The zero-order chi connectivity index (χ0) is 20.5. The molecule has 2 aromatic carbocycles. The second kappa shape index (κ2) is 10.3. The molecule has 0 aliphatic heterocycles. The maximum absolute atomic E-state index is 12.3. The molecule has 6 nitrogen and oxygen atoms in total. The van der Waals surface area contributed by atoms with Gasteiger partial charge in [0, 0.05) is 5.69 Å². The first kappa shape index (κ1) is 21.3. The van der Waals surface area contributed by atoms with Crippen LogP contribution in [0.1, 0.15) is 41.3 Å². The number of benzene rings is 2. The lowest BCUT2D eigenvalue weighted by Crippen LogP contribution is -2.21. The zero-order valence-electron chi connectivity index (χ0n) is 16.8. The summed E-state index contributed by atoms with van der Waals surface area (Å²) in [6.45, 7) is 6.10. The molecule has 0 fully saturated rings. The van der Waals surface area contributed by atoms with Gasteiger partial charge in [-0.1, -0.05) is 31.5 Å². The molecule has 0 aromatic heterocycles. The fraction of sp³-hybridized carbons (Fsp3) is 0.364. The Bertz CT molecular complexity index is 811. The average Bonchev–Trinajstić information content (AvgIpc) is 2.69. The first-order chi connectivity index (χ1) is 13.5. The van der Waals surface area contributed by atoms with Crippen LogP contribution in [-0.2, 0) is 9.53 Å². The van der Waals surface area contributed by atoms with Crippen LogP contribution in [0.5, 0.6) is 11.5 Å². The largest absolute Gasteiger partial charge is 0.493 e. The molecule has 0 radical (unpaired) electrons. The van der Waals surface area contributed by atoms with Crippen LogP contribution >= 0.6 is 0 Å². The van der Waals surface area contributed by atoms with Crippen molar-refractivity contribution in [3.63, 3.8) is 0 Å². The predicted octanol–water partition coefficient (Wildman–Crippen LogP) is 4.29. The fourth-order valence-electron chi connectivity index (χ4n) is 2.64. The topological polar surface area (TPSA) is 73.9 Å². The summed E-state index contributed by atoms with van der Waals surface area (Å²) in [6.07, 6.45) is 1.96. The van der Waals surface area contributed by atoms with E-state index in [1.165, 1.54) is 7.11 Å². The number of nitrogens with one attached hydrogen (secondary N) is 1. The van der Waals surface area contributed by atoms with Gasteiger partial charge in [-0.05, 0) is 49.6 Å². The highest BCUT2D eigenvalue weighted by molar-refractivity contribution is 5.96. The molecule has 0 heterocycles. The number of para-hydroxylation sites is 1. The van der Waals surface area contributed by atoms with E-state index in [1.807, 2.05) is 32.0 Å². The van der Waals surface area contributed by atoms with Gasteiger partial charge in [-0.15, -0.1) is 0 Å². The molecule has 1 amide bonds. The lowest BCUT2D eigenvalue weighted by Gasteiger charge is -2.13. The second-order valence-corrected chi connectivity index (χ2v) is 6.46. The number of hydrogen-bond donors (Lipinski definition) is 1. The molecule has 0 atom stereocenters. The van der Waals surface area contributed by atoms with Crippen molar-refractivity contribution in [2.75, 3.05) is 25.6 Å². The molecule has 2 aromatic rings. The smallest absolute Gasteiger partial charge is 0.338 e. The lowest BCUT2D eigenvalue weighted by atomic mass is 10.1. The van der Waals surface area contributed by atoms with Gasteiger partial charge >= 0.3 is 5.97 Å². The Kier molecular flexibility index (Phi) is 7.87. The summed E-state index contributed by atoms with van der Waals surface area (Å²) < 4.78 is 16.1. The highest BCUT2D eigenvalue weighted by Gasteiger charge is 2.15. The maximum Gasteiger partial charge on any atom is 0.338 e. The van der Waals surface area contributed by atoms with Crippen LogP contribution in [0.15, 0.2) is 36.4 Å². The van der Waals surface area contributed by atoms with E-state index < -0.39 is 11.9 Å². The molecule has 0 saturated carbocycles. The van der Waals surface area contributed by atoms with Gasteiger partial charge in [0.1, 0.15) is 0 Å². The van der Waals surface area contributed by atoms with Gasteiger partial charge < -0.3 is 19.5 Å². The van der Waals surface area contributed by atoms with Gasteiger partial charge in [0.05, 0.1) is 19.3 Å². The molecule has 0 spiro atoms. The average molecular weight is 385 g/mol. The molecule has 0 bridgehead atoms. The third kappa shape index (κ3) is 5.74. The number of aryl methyl sites for hydroxylation is 2. The Morgan fingerprint density at radius 1 is 1.04 bits per heavy atom.